The van der Waals surface area contributed by atoms with Crippen molar-refractivity contribution < 1.29 is 18.0 Å². The predicted molar refractivity (Wildman–Crippen MR) is 97.9 cm³/mol. The van der Waals surface area contributed by atoms with Crippen LogP contribution in [0.25, 0.3) is 0 Å². The Morgan fingerprint density at radius 2 is 1.65 bits per heavy atom. The van der Waals surface area contributed by atoms with Crippen molar-refractivity contribution in [3.05, 3.63) is 30.3 Å². The van der Waals surface area contributed by atoms with Crippen molar-refractivity contribution in [1.29, 1.82) is 0 Å². The average molecular weight is 382 g/mol. The van der Waals surface area contributed by atoms with E-state index in [1.807, 2.05) is 0 Å². The highest BCUT2D eigenvalue weighted by Crippen LogP contribution is 2.16. The molecule has 2 rings (SSSR count). The molecule has 1 aliphatic heterocycles. The first kappa shape index (κ1) is 20.3. The first-order valence-corrected chi connectivity index (χ1v) is 10.1. The molecular formula is C17H26N4O4S. The van der Waals surface area contributed by atoms with Gasteiger partial charge in [-0.3, -0.25) is 14.5 Å². The summed E-state index contributed by atoms with van der Waals surface area (Å²) in [6.45, 7) is 6.45. The summed E-state index contributed by atoms with van der Waals surface area (Å²) < 4.78 is 26.6. The number of benzene rings is 1. The Labute approximate surface area is 154 Å². The van der Waals surface area contributed by atoms with E-state index in [9.17, 15) is 18.0 Å². The third kappa shape index (κ3) is 5.52. The Hall–Kier alpha value is -1.97. The molecular weight excluding hydrogens is 356 g/mol. The summed E-state index contributed by atoms with van der Waals surface area (Å²) in [4.78, 5) is 25.5. The van der Waals surface area contributed by atoms with Crippen LogP contribution in [0.15, 0.2) is 35.2 Å². The average Bonchev–Trinajstić information content (AvgIpc) is 2.62. The van der Waals surface area contributed by atoms with E-state index in [-0.39, 0.29) is 6.04 Å². The number of rotatable bonds is 6. The van der Waals surface area contributed by atoms with Gasteiger partial charge in [-0.25, -0.2) is 8.42 Å². The van der Waals surface area contributed by atoms with Gasteiger partial charge in [-0.05, 0) is 26.0 Å². The van der Waals surface area contributed by atoms with E-state index in [1.54, 1.807) is 44.2 Å². The molecule has 0 aromatic heterocycles. The number of nitrogens with one attached hydrogen (secondary N) is 2. The van der Waals surface area contributed by atoms with Crippen molar-refractivity contribution in [3.63, 3.8) is 0 Å². The highest BCUT2D eigenvalue weighted by molar-refractivity contribution is 7.89. The zero-order valence-electron chi connectivity index (χ0n) is 15.1. The molecule has 8 nitrogen and oxygen atoms in total. The molecule has 26 heavy (non-hydrogen) atoms. The molecule has 0 aliphatic carbocycles. The smallest absolute Gasteiger partial charge is 0.309 e. The predicted octanol–water partition coefficient (Wildman–Crippen LogP) is -0.366. The lowest BCUT2D eigenvalue weighted by Gasteiger charge is -2.33. The lowest BCUT2D eigenvalue weighted by atomic mass is 10.3. The van der Waals surface area contributed by atoms with Crippen LogP contribution in [0.5, 0.6) is 0 Å². The van der Waals surface area contributed by atoms with E-state index in [2.05, 4.69) is 15.5 Å². The monoisotopic (exact) mass is 382 g/mol. The van der Waals surface area contributed by atoms with Crippen LogP contribution >= 0.6 is 0 Å². The van der Waals surface area contributed by atoms with Crippen molar-refractivity contribution >= 4 is 21.8 Å². The first-order chi connectivity index (χ1) is 12.3. The van der Waals surface area contributed by atoms with E-state index in [4.69, 9.17) is 0 Å². The second kappa shape index (κ2) is 9.11. The number of nitrogens with zero attached hydrogens (tertiary/aromatic N) is 2. The van der Waals surface area contributed by atoms with E-state index in [0.29, 0.717) is 44.2 Å². The summed E-state index contributed by atoms with van der Waals surface area (Å²) in [7, 11) is -3.46. The standard InChI is InChI=1S/C17H26N4O4S/c1-14(2)19-17(23)16(22)18-8-9-20-10-12-21(13-11-20)26(24,25)15-6-4-3-5-7-15/h3-7,14H,8-13H2,1-2H3,(H,18,22)(H,19,23). The molecule has 0 radical (unpaired) electrons. The summed E-state index contributed by atoms with van der Waals surface area (Å²) in [6, 6.07) is 8.31. The van der Waals surface area contributed by atoms with Gasteiger partial charge in [0.15, 0.2) is 0 Å². The molecule has 0 spiro atoms. The second-order valence-corrected chi connectivity index (χ2v) is 8.38. The van der Waals surface area contributed by atoms with Gasteiger partial charge in [0, 0.05) is 45.3 Å². The van der Waals surface area contributed by atoms with Crippen LogP contribution in [-0.2, 0) is 19.6 Å². The topological polar surface area (TPSA) is 98.8 Å². The van der Waals surface area contributed by atoms with E-state index in [1.165, 1.54) is 4.31 Å². The molecule has 0 saturated carbocycles. The fourth-order valence-electron chi connectivity index (χ4n) is 2.67. The number of hydrogen-bond acceptors (Lipinski definition) is 5. The maximum Gasteiger partial charge on any atom is 0.309 e. The van der Waals surface area contributed by atoms with Gasteiger partial charge in [0.1, 0.15) is 0 Å². The normalized spacial score (nSPS) is 16.4. The van der Waals surface area contributed by atoms with Gasteiger partial charge >= 0.3 is 11.8 Å². The fraction of sp³-hybridized carbons (Fsp3) is 0.529. The van der Waals surface area contributed by atoms with Gasteiger partial charge in [-0.1, -0.05) is 18.2 Å². The van der Waals surface area contributed by atoms with Crippen molar-refractivity contribution in [2.45, 2.75) is 24.8 Å². The van der Waals surface area contributed by atoms with Crippen LogP contribution in [0.2, 0.25) is 0 Å². The Balaban J connectivity index is 1.75. The Morgan fingerprint density at radius 3 is 2.23 bits per heavy atom. The zero-order chi connectivity index (χ0) is 19.2. The number of carbonyl (C=O) groups is 2. The minimum Gasteiger partial charge on any atom is -0.347 e. The summed E-state index contributed by atoms with van der Waals surface area (Å²) in [5.74, 6) is -1.29. The van der Waals surface area contributed by atoms with Crippen LogP contribution in [-0.4, -0.2) is 74.7 Å². The summed E-state index contributed by atoms with van der Waals surface area (Å²) in [5, 5.41) is 5.11. The van der Waals surface area contributed by atoms with Crippen LogP contribution in [0.4, 0.5) is 0 Å². The maximum absolute atomic E-state index is 12.6. The van der Waals surface area contributed by atoms with Crippen LogP contribution in [0.3, 0.4) is 0 Å². The third-order valence-electron chi connectivity index (χ3n) is 4.05. The van der Waals surface area contributed by atoms with Crippen molar-refractivity contribution in [3.8, 4) is 0 Å². The summed E-state index contributed by atoms with van der Waals surface area (Å²) in [5.41, 5.74) is 0. The lowest BCUT2D eigenvalue weighted by molar-refractivity contribution is -0.139. The molecule has 1 aromatic rings. The molecule has 1 fully saturated rings. The number of piperazine rings is 1. The highest BCUT2D eigenvalue weighted by Gasteiger charge is 2.28. The molecule has 1 heterocycles. The first-order valence-electron chi connectivity index (χ1n) is 8.67. The fourth-order valence-corrected chi connectivity index (χ4v) is 4.11. The molecule has 1 aromatic carbocycles. The van der Waals surface area contributed by atoms with Gasteiger partial charge in [-0.15, -0.1) is 0 Å². The van der Waals surface area contributed by atoms with Gasteiger partial charge in [0.05, 0.1) is 4.90 Å². The summed E-state index contributed by atoms with van der Waals surface area (Å²) in [6.07, 6.45) is 0. The number of carbonyl (C=O) groups excluding carboxylic acids is 2. The minimum atomic E-state index is -3.46. The highest BCUT2D eigenvalue weighted by atomic mass is 32.2. The van der Waals surface area contributed by atoms with Gasteiger partial charge in [0.2, 0.25) is 10.0 Å². The van der Waals surface area contributed by atoms with Gasteiger partial charge < -0.3 is 10.6 Å². The minimum absolute atomic E-state index is 0.0899. The van der Waals surface area contributed by atoms with Crippen LogP contribution in [0.1, 0.15) is 13.8 Å². The molecule has 0 atom stereocenters. The van der Waals surface area contributed by atoms with E-state index >= 15 is 0 Å². The van der Waals surface area contributed by atoms with E-state index in [0.717, 1.165) is 0 Å². The molecule has 2 amide bonds. The Morgan fingerprint density at radius 1 is 1.04 bits per heavy atom. The third-order valence-corrected chi connectivity index (χ3v) is 5.96. The molecule has 1 saturated heterocycles. The SMILES string of the molecule is CC(C)NC(=O)C(=O)NCCN1CCN(S(=O)(=O)c2ccccc2)CC1. The quantitative estimate of drug-likeness (QED) is 0.655. The molecule has 0 bridgehead atoms. The molecule has 9 heteroatoms. The molecule has 144 valence electrons. The number of hydrogen-bond donors (Lipinski definition) is 2. The molecule has 1 aliphatic rings. The number of sulfonamides is 1. The van der Waals surface area contributed by atoms with Gasteiger partial charge in [-0.2, -0.15) is 4.31 Å². The Bertz CT molecular complexity index is 714. The molecule has 0 unspecified atom stereocenters. The largest absolute Gasteiger partial charge is 0.347 e. The van der Waals surface area contributed by atoms with E-state index < -0.39 is 21.8 Å². The maximum atomic E-state index is 12.6. The van der Waals surface area contributed by atoms with Crippen molar-refractivity contribution in [2.75, 3.05) is 39.3 Å². The van der Waals surface area contributed by atoms with Crippen LogP contribution in [0, 0.1) is 0 Å². The summed E-state index contributed by atoms with van der Waals surface area (Å²) >= 11 is 0. The number of amides is 2. The van der Waals surface area contributed by atoms with Crippen molar-refractivity contribution in [1.82, 2.24) is 19.8 Å². The van der Waals surface area contributed by atoms with Gasteiger partial charge in [0.25, 0.3) is 0 Å². The van der Waals surface area contributed by atoms with Crippen molar-refractivity contribution in [2.24, 2.45) is 0 Å². The second-order valence-electron chi connectivity index (χ2n) is 6.44. The molecule has 2 N–H and O–H groups in total. The zero-order valence-corrected chi connectivity index (χ0v) is 16.0. The lowest BCUT2D eigenvalue weighted by Crippen LogP contribution is -2.51. The Kier molecular flexibility index (Phi) is 7.13. The van der Waals surface area contributed by atoms with Crippen LogP contribution < -0.4 is 10.6 Å².